The SMILES string of the molecule is C[C@@H](CC1(c2nn[nH]n2)c2sc(C(N)=O)cc2CCc2cc(C(N)=O)sc21)NCC(=O)N1CCC[C@H]1C#N. The molecule has 0 saturated carbocycles. The van der Waals surface area contributed by atoms with E-state index in [1.807, 2.05) is 19.1 Å². The number of nitrogens with zero attached hydrogens (tertiary/aromatic N) is 5. The van der Waals surface area contributed by atoms with Crippen molar-refractivity contribution in [3.63, 3.8) is 0 Å². The number of nitrogens with two attached hydrogens (primary N) is 2. The molecule has 3 amide bonds. The van der Waals surface area contributed by atoms with Crippen LogP contribution in [0.1, 0.15) is 72.2 Å². The lowest BCUT2D eigenvalue weighted by molar-refractivity contribution is -0.130. The third kappa shape index (κ3) is 4.46. The van der Waals surface area contributed by atoms with Gasteiger partial charge in [0.15, 0.2) is 5.82 Å². The Morgan fingerprint density at radius 3 is 2.37 bits per heavy atom. The molecule has 1 aliphatic heterocycles. The van der Waals surface area contributed by atoms with Gasteiger partial charge in [-0.2, -0.15) is 10.5 Å². The maximum atomic E-state index is 12.9. The topological polar surface area (TPSA) is 197 Å². The number of aromatic nitrogens is 4. The van der Waals surface area contributed by atoms with E-state index >= 15 is 0 Å². The second kappa shape index (κ2) is 10.2. The second-order valence-corrected chi connectivity index (χ2v) is 11.8. The predicted octanol–water partition coefficient (Wildman–Crippen LogP) is 0.836. The van der Waals surface area contributed by atoms with Gasteiger partial charge < -0.3 is 21.7 Å². The summed E-state index contributed by atoms with van der Waals surface area (Å²) in [5.74, 6) is -0.787. The normalized spacial score (nSPS) is 18.7. The Morgan fingerprint density at radius 1 is 1.21 bits per heavy atom. The van der Waals surface area contributed by atoms with Crippen molar-refractivity contribution < 1.29 is 14.4 Å². The first-order valence-electron chi connectivity index (χ1n) is 12.3. The van der Waals surface area contributed by atoms with Crippen molar-refractivity contribution in [2.24, 2.45) is 11.5 Å². The van der Waals surface area contributed by atoms with Gasteiger partial charge in [-0.15, -0.1) is 32.9 Å². The summed E-state index contributed by atoms with van der Waals surface area (Å²) < 4.78 is 0. The fraction of sp³-hybridized carbons (Fsp3) is 0.458. The van der Waals surface area contributed by atoms with Crippen molar-refractivity contribution in [1.82, 2.24) is 30.8 Å². The van der Waals surface area contributed by atoms with Crippen LogP contribution in [0, 0.1) is 11.3 Å². The average molecular weight is 554 g/mol. The number of nitrogens with one attached hydrogen (secondary N) is 2. The van der Waals surface area contributed by atoms with Crippen LogP contribution in [0.2, 0.25) is 0 Å². The highest BCUT2D eigenvalue weighted by Gasteiger charge is 2.48. The molecule has 2 atom stereocenters. The van der Waals surface area contributed by atoms with Gasteiger partial charge in [-0.1, -0.05) is 5.21 Å². The molecule has 0 spiro atoms. The summed E-state index contributed by atoms with van der Waals surface area (Å²) in [5.41, 5.74) is 12.3. The highest BCUT2D eigenvalue weighted by atomic mass is 32.1. The largest absolute Gasteiger partial charge is 0.365 e. The monoisotopic (exact) mass is 553 g/mol. The van der Waals surface area contributed by atoms with Gasteiger partial charge in [0, 0.05) is 22.3 Å². The van der Waals surface area contributed by atoms with Gasteiger partial charge in [-0.3, -0.25) is 14.4 Å². The van der Waals surface area contributed by atoms with Gasteiger partial charge in [0.25, 0.3) is 11.8 Å². The van der Waals surface area contributed by atoms with E-state index in [1.165, 1.54) is 22.7 Å². The molecule has 0 bridgehead atoms. The van der Waals surface area contributed by atoms with Crippen LogP contribution >= 0.6 is 22.7 Å². The van der Waals surface area contributed by atoms with Crippen LogP contribution in [0.5, 0.6) is 0 Å². The molecule has 4 heterocycles. The van der Waals surface area contributed by atoms with Crippen molar-refractivity contribution in [1.29, 1.82) is 5.26 Å². The van der Waals surface area contributed by atoms with E-state index in [1.54, 1.807) is 4.90 Å². The molecule has 14 heteroatoms. The first-order valence-corrected chi connectivity index (χ1v) is 13.9. The number of primary amides is 2. The molecule has 3 aromatic heterocycles. The predicted molar refractivity (Wildman–Crippen MR) is 140 cm³/mol. The van der Waals surface area contributed by atoms with Crippen molar-refractivity contribution in [3.05, 3.63) is 48.6 Å². The molecule has 3 aromatic rings. The van der Waals surface area contributed by atoms with Crippen molar-refractivity contribution in [2.75, 3.05) is 13.1 Å². The molecule has 0 unspecified atom stereocenters. The number of fused-ring (bicyclic) bond motifs is 2. The molecule has 6 N–H and O–H groups in total. The first-order chi connectivity index (χ1) is 18.2. The van der Waals surface area contributed by atoms with Crippen molar-refractivity contribution in [3.8, 4) is 6.07 Å². The van der Waals surface area contributed by atoms with E-state index < -0.39 is 23.3 Å². The quantitative estimate of drug-likeness (QED) is 0.314. The highest BCUT2D eigenvalue weighted by molar-refractivity contribution is 7.16. The summed E-state index contributed by atoms with van der Waals surface area (Å²) in [6.07, 6.45) is 3.16. The van der Waals surface area contributed by atoms with E-state index in [2.05, 4.69) is 32.0 Å². The lowest BCUT2D eigenvalue weighted by Gasteiger charge is -2.33. The highest BCUT2D eigenvalue weighted by Crippen LogP contribution is 2.52. The zero-order valence-electron chi connectivity index (χ0n) is 20.7. The zero-order chi connectivity index (χ0) is 27.0. The lowest BCUT2D eigenvalue weighted by Crippen LogP contribution is -2.45. The third-order valence-corrected chi connectivity index (χ3v) is 9.91. The van der Waals surface area contributed by atoms with E-state index in [0.717, 1.165) is 27.3 Å². The number of thiophene rings is 2. The van der Waals surface area contributed by atoms with Gasteiger partial charge in [0.1, 0.15) is 11.5 Å². The number of tetrazole rings is 1. The first kappa shape index (κ1) is 26.0. The van der Waals surface area contributed by atoms with Gasteiger partial charge in [0.2, 0.25) is 5.91 Å². The second-order valence-electron chi connectivity index (χ2n) is 9.66. The molecule has 1 aliphatic carbocycles. The number of hydrogen-bond acceptors (Lipinski definition) is 10. The number of carbonyl (C=O) groups is 3. The van der Waals surface area contributed by atoms with E-state index in [0.29, 0.717) is 47.8 Å². The molecule has 38 heavy (non-hydrogen) atoms. The Balaban J connectivity index is 1.56. The van der Waals surface area contributed by atoms with E-state index in [4.69, 9.17) is 11.5 Å². The van der Waals surface area contributed by atoms with Gasteiger partial charge in [-0.05, 0) is 62.3 Å². The average Bonchev–Trinajstić information content (AvgIpc) is 3.70. The van der Waals surface area contributed by atoms with Crippen LogP contribution in [-0.2, 0) is 23.1 Å². The Bertz CT molecular complexity index is 1360. The molecule has 1 saturated heterocycles. The van der Waals surface area contributed by atoms with E-state index in [9.17, 15) is 19.6 Å². The Kier molecular flexibility index (Phi) is 6.99. The number of nitriles is 1. The molecule has 5 rings (SSSR count). The lowest BCUT2D eigenvalue weighted by atomic mass is 9.76. The minimum atomic E-state index is -0.969. The molecule has 0 aromatic carbocycles. The van der Waals surface area contributed by atoms with Gasteiger partial charge >= 0.3 is 0 Å². The molecule has 198 valence electrons. The zero-order valence-corrected chi connectivity index (χ0v) is 22.3. The summed E-state index contributed by atoms with van der Waals surface area (Å²) >= 11 is 2.58. The minimum Gasteiger partial charge on any atom is -0.365 e. The standard InChI is InChI=1S/C24H27N9O3S2/c1-12(28-11-18(34)33-6-2-3-15(33)10-25)9-24(23-29-31-32-30-23)19-13(7-16(37-19)21(26)35)4-5-14-8-17(22(27)36)38-20(14)24/h7-8,12,15,28H,2-6,9,11H2,1H3,(H2,26,35)(H2,27,36)(H,29,30,31,32)/t12-,15-/m0/s1. The van der Waals surface area contributed by atoms with Crippen molar-refractivity contribution in [2.45, 2.75) is 56.5 Å². The third-order valence-electron chi connectivity index (χ3n) is 7.21. The Labute approximate surface area is 226 Å². The number of carbonyl (C=O) groups excluding carboxylic acids is 3. The molecule has 0 radical (unpaired) electrons. The summed E-state index contributed by atoms with van der Waals surface area (Å²) in [7, 11) is 0. The number of rotatable bonds is 8. The van der Waals surface area contributed by atoms with Crippen LogP contribution in [0.25, 0.3) is 0 Å². The number of aromatic amines is 1. The summed E-state index contributed by atoms with van der Waals surface area (Å²) in [6, 6.07) is 5.21. The van der Waals surface area contributed by atoms with Gasteiger partial charge in [0.05, 0.1) is 22.4 Å². The van der Waals surface area contributed by atoms with Crippen LogP contribution in [0.15, 0.2) is 12.1 Å². The number of likely N-dealkylation sites (tertiary alicyclic amines) is 1. The van der Waals surface area contributed by atoms with Crippen molar-refractivity contribution >= 4 is 40.4 Å². The number of H-pyrrole nitrogens is 1. The Hall–Kier alpha value is -3.67. The van der Waals surface area contributed by atoms with Gasteiger partial charge in [-0.25, -0.2) is 0 Å². The molecular weight excluding hydrogens is 526 g/mol. The maximum Gasteiger partial charge on any atom is 0.258 e. The number of hydrogen-bond donors (Lipinski definition) is 4. The Morgan fingerprint density at radius 2 is 1.84 bits per heavy atom. The summed E-state index contributed by atoms with van der Waals surface area (Å²) in [4.78, 5) is 41.4. The maximum absolute atomic E-state index is 12.9. The fourth-order valence-corrected chi connectivity index (χ4v) is 8.08. The summed E-state index contributed by atoms with van der Waals surface area (Å²) in [5, 5.41) is 27.8. The smallest absolute Gasteiger partial charge is 0.258 e. The van der Waals surface area contributed by atoms with Crippen LogP contribution in [-0.4, -0.2) is 68.4 Å². The van der Waals surface area contributed by atoms with Crippen LogP contribution in [0.4, 0.5) is 0 Å². The fourth-order valence-electron chi connectivity index (χ4n) is 5.48. The van der Waals surface area contributed by atoms with Crippen LogP contribution < -0.4 is 16.8 Å². The molecule has 12 nitrogen and oxygen atoms in total. The summed E-state index contributed by atoms with van der Waals surface area (Å²) in [6.45, 7) is 2.59. The minimum absolute atomic E-state index is 0.0648. The van der Waals surface area contributed by atoms with Crippen LogP contribution in [0.3, 0.4) is 0 Å². The number of aryl methyl sites for hydroxylation is 2. The van der Waals surface area contributed by atoms with E-state index in [-0.39, 0.29) is 18.5 Å². The molecular formula is C24H27N9O3S2. The molecule has 1 fully saturated rings. The number of amides is 3. The molecule has 2 aliphatic rings.